The number of thioether (sulfide) groups is 1. The van der Waals surface area contributed by atoms with Crippen molar-refractivity contribution in [1.29, 1.82) is 0 Å². The van der Waals surface area contributed by atoms with Crippen LogP contribution in [0.2, 0.25) is 0 Å². The summed E-state index contributed by atoms with van der Waals surface area (Å²) in [6.07, 6.45) is 2.61. The molecule has 3 N–H and O–H groups in total. The van der Waals surface area contributed by atoms with Crippen LogP contribution in [0.4, 0.5) is 5.69 Å². The molecule has 1 unspecified atom stereocenters. The van der Waals surface area contributed by atoms with Crippen LogP contribution in [0.25, 0.3) is 0 Å². The fourth-order valence-electron chi connectivity index (χ4n) is 2.07. The van der Waals surface area contributed by atoms with Gasteiger partial charge in [-0.3, -0.25) is 0 Å². The highest BCUT2D eigenvalue weighted by atomic mass is 79.9. The summed E-state index contributed by atoms with van der Waals surface area (Å²) in [5.74, 6) is 1.28. The highest BCUT2D eigenvalue weighted by Gasteiger charge is 2.29. The second-order valence-electron chi connectivity index (χ2n) is 4.81. The van der Waals surface area contributed by atoms with Crippen molar-refractivity contribution < 1.29 is 0 Å². The van der Waals surface area contributed by atoms with E-state index in [9.17, 15) is 0 Å². The first-order valence-corrected chi connectivity index (χ1v) is 8.16. The van der Waals surface area contributed by atoms with E-state index in [4.69, 9.17) is 18.0 Å². The van der Waals surface area contributed by atoms with E-state index in [1.165, 1.54) is 18.6 Å². The largest absolute Gasteiger partial charge is 0.389 e. The van der Waals surface area contributed by atoms with Gasteiger partial charge in [0.25, 0.3) is 0 Å². The molecule has 98 valence electrons. The minimum absolute atomic E-state index is 0.362. The third kappa shape index (κ3) is 3.39. The molecule has 1 aromatic carbocycles. The predicted octanol–water partition coefficient (Wildman–Crippen LogP) is 3.78. The number of thiocarbonyl (C=S) groups is 1. The van der Waals surface area contributed by atoms with Crippen LogP contribution < -0.4 is 11.1 Å². The average molecular weight is 345 g/mol. The van der Waals surface area contributed by atoms with Crippen LogP contribution in [0.5, 0.6) is 0 Å². The molecule has 1 atom stereocenters. The van der Waals surface area contributed by atoms with E-state index in [1.54, 1.807) is 0 Å². The van der Waals surface area contributed by atoms with Gasteiger partial charge in [0.05, 0.1) is 0 Å². The molecule has 0 aromatic heterocycles. The smallest absolute Gasteiger partial charge is 0.104 e. The minimum Gasteiger partial charge on any atom is -0.389 e. The summed E-state index contributed by atoms with van der Waals surface area (Å²) in [7, 11) is 0. The molecule has 5 heteroatoms. The summed E-state index contributed by atoms with van der Waals surface area (Å²) in [4.78, 5) is 0.431. The summed E-state index contributed by atoms with van der Waals surface area (Å²) in [6.45, 7) is 3.32. The number of benzene rings is 1. The average Bonchev–Trinajstić information content (AvgIpc) is 2.75. The van der Waals surface area contributed by atoms with E-state index in [0.717, 1.165) is 22.3 Å². The zero-order chi connectivity index (χ0) is 13.2. The normalized spacial score (nSPS) is 23.0. The molecular weight excluding hydrogens is 328 g/mol. The second-order valence-corrected chi connectivity index (χ2v) is 7.79. The third-order valence-electron chi connectivity index (χ3n) is 3.21. The van der Waals surface area contributed by atoms with Crippen LogP contribution in [0.3, 0.4) is 0 Å². The Labute approximate surface area is 126 Å². The number of nitrogens with one attached hydrogen (secondary N) is 1. The lowest BCUT2D eigenvalue weighted by Crippen LogP contribution is -2.27. The quantitative estimate of drug-likeness (QED) is 0.815. The van der Waals surface area contributed by atoms with Crippen LogP contribution in [-0.2, 0) is 0 Å². The minimum atomic E-state index is 0.362. The molecule has 1 saturated heterocycles. The molecule has 1 fully saturated rings. The van der Waals surface area contributed by atoms with Gasteiger partial charge in [-0.15, -0.1) is 0 Å². The number of anilines is 1. The summed E-state index contributed by atoms with van der Waals surface area (Å²) in [5.41, 5.74) is 7.61. The first-order valence-electron chi connectivity index (χ1n) is 5.97. The van der Waals surface area contributed by atoms with Crippen molar-refractivity contribution in [3.05, 3.63) is 28.2 Å². The highest BCUT2D eigenvalue weighted by Crippen LogP contribution is 2.38. The number of halogens is 1. The molecule has 0 amide bonds. The second kappa shape index (κ2) is 5.80. The molecule has 0 bridgehead atoms. The van der Waals surface area contributed by atoms with Gasteiger partial charge in [0, 0.05) is 27.0 Å². The molecule has 0 saturated carbocycles. The predicted molar refractivity (Wildman–Crippen MR) is 88.6 cm³/mol. The molecule has 18 heavy (non-hydrogen) atoms. The number of nitrogens with two attached hydrogens (primary N) is 1. The molecule has 0 spiro atoms. The van der Waals surface area contributed by atoms with Gasteiger partial charge in [-0.05, 0) is 59.6 Å². The van der Waals surface area contributed by atoms with E-state index >= 15 is 0 Å². The Hall–Kier alpha value is -0.260. The van der Waals surface area contributed by atoms with Crippen molar-refractivity contribution in [2.75, 3.05) is 17.6 Å². The van der Waals surface area contributed by atoms with E-state index in [-0.39, 0.29) is 0 Å². The van der Waals surface area contributed by atoms with Crippen LogP contribution in [-0.4, -0.2) is 22.0 Å². The lowest BCUT2D eigenvalue weighted by Gasteiger charge is -2.24. The molecule has 1 aliphatic rings. The Morgan fingerprint density at radius 3 is 2.94 bits per heavy atom. The molecule has 0 aliphatic carbocycles. The fourth-order valence-corrected chi connectivity index (χ4v) is 3.96. The Morgan fingerprint density at radius 2 is 2.39 bits per heavy atom. The van der Waals surface area contributed by atoms with Gasteiger partial charge in [0.2, 0.25) is 0 Å². The van der Waals surface area contributed by atoms with Gasteiger partial charge >= 0.3 is 0 Å². The Kier molecular flexibility index (Phi) is 4.56. The summed E-state index contributed by atoms with van der Waals surface area (Å²) in [6, 6.07) is 5.95. The standard InChI is InChI=1S/C13H17BrN2S2/c1-13(5-2-6-18-13)8-16-11-4-3-9(12(15)17)7-10(11)14/h3-4,7,16H,2,5-6,8H2,1H3,(H2,15,17). The first kappa shape index (κ1) is 14.2. The summed E-state index contributed by atoms with van der Waals surface area (Å²) in [5, 5.41) is 3.51. The molecule has 2 rings (SSSR count). The van der Waals surface area contributed by atoms with Crippen molar-refractivity contribution >= 4 is 50.6 Å². The fraction of sp³-hybridized carbons (Fsp3) is 0.462. The Balaban J connectivity index is 2.03. The van der Waals surface area contributed by atoms with Gasteiger partial charge in [-0.25, -0.2) is 0 Å². The van der Waals surface area contributed by atoms with Gasteiger partial charge in [0.15, 0.2) is 0 Å². The molecular formula is C13H17BrN2S2. The van der Waals surface area contributed by atoms with Crippen molar-refractivity contribution in [2.24, 2.45) is 5.73 Å². The highest BCUT2D eigenvalue weighted by molar-refractivity contribution is 9.10. The maximum atomic E-state index is 5.61. The van der Waals surface area contributed by atoms with Crippen LogP contribution in [0.15, 0.2) is 22.7 Å². The lowest BCUT2D eigenvalue weighted by atomic mass is 10.1. The SMILES string of the molecule is CC1(CNc2ccc(C(N)=S)cc2Br)CCCS1. The number of rotatable bonds is 4. The topological polar surface area (TPSA) is 38.0 Å². The molecule has 1 aromatic rings. The van der Waals surface area contributed by atoms with Gasteiger partial charge in [-0.1, -0.05) is 12.2 Å². The Morgan fingerprint density at radius 1 is 1.61 bits per heavy atom. The maximum absolute atomic E-state index is 5.61. The monoisotopic (exact) mass is 344 g/mol. The van der Waals surface area contributed by atoms with Crippen LogP contribution >= 0.6 is 39.9 Å². The lowest BCUT2D eigenvalue weighted by molar-refractivity contribution is 0.634. The number of hydrogen-bond donors (Lipinski definition) is 2. The van der Waals surface area contributed by atoms with Crippen molar-refractivity contribution in [1.82, 2.24) is 0 Å². The Bertz CT molecular complexity index is 456. The van der Waals surface area contributed by atoms with Crippen molar-refractivity contribution in [3.63, 3.8) is 0 Å². The zero-order valence-corrected chi connectivity index (χ0v) is 13.6. The van der Waals surface area contributed by atoms with E-state index in [2.05, 4.69) is 39.9 Å². The van der Waals surface area contributed by atoms with E-state index in [1.807, 2.05) is 18.2 Å². The number of hydrogen-bond acceptors (Lipinski definition) is 3. The molecule has 1 heterocycles. The molecule has 1 aliphatic heterocycles. The first-order chi connectivity index (χ1) is 8.50. The van der Waals surface area contributed by atoms with Gasteiger partial charge in [0.1, 0.15) is 4.99 Å². The zero-order valence-electron chi connectivity index (χ0n) is 10.3. The van der Waals surface area contributed by atoms with Gasteiger partial charge in [-0.2, -0.15) is 11.8 Å². The van der Waals surface area contributed by atoms with E-state index < -0.39 is 0 Å². The van der Waals surface area contributed by atoms with Crippen molar-refractivity contribution in [3.8, 4) is 0 Å². The van der Waals surface area contributed by atoms with Crippen LogP contribution in [0.1, 0.15) is 25.3 Å². The van der Waals surface area contributed by atoms with E-state index in [0.29, 0.717) is 9.74 Å². The molecule has 2 nitrogen and oxygen atoms in total. The molecule has 0 radical (unpaired) electrons. The van der Waals surface area contributed by atoms with Crippen LogP contribution in [0, 0.1) is 0 Å². The maximum Gasteiger partial charge on any atom is 0.104 e. The van der Waals surface area contributed by atoms with Crippen molar-refractivity contribution in [2.45, 2.75) is 24.5 Å². The third-order valence-corrected chi connectivity index (χ3v) is 5.64. The van der Waals surface area contributed by atoms with Gasteiger partial charge < -0.3 is 11.1 Å². The summed E-state index contributed by atoms with van der Waals surface area (Å²) >= 11 is 10.6. The summed E-state index contributed by atoms with van der Waals surface area (Å²) < 4.78 is 1.38.